The number of nitrogens with zero attached hydrogens (tertiary/aromatic N) is 2. The molecular formula is C5H9N3O2. The maximum absolute atomic E-state index is 10.6. The zero-order valence-corrected chi connectivity index (χ0v) is 5.49. The number of hydrogen-bond acceptors (Lipinski definition) is 3. The van der Waals surface area contributed by atoms with Gasteiger partial charge in [0.15, 0.2) is 0 Å². The average molecular weight is 143 g/mol. The monoisotopic (exact) mass is 143 g/mol. The van der Waals surface area contributed by atoms with Crippen LogP contribution in [0.1, 0.15) is 12.8 Å². The van der Waals surface area contributed by atoms with Gasteiger partial charge in [0.05, 0.1) is 5.29 Å². The first-order chi connectivity index (χ1) is 4.75. The van der Waals surface area contributed by atoms with Gasteiger partial charge in [-0.3, -0.25) is 4.79 Å². The van der Waals surface area contributed by atoms with E-state index in [0.717, 1.165) is 6.42 Å². The minimum Gasteiger partial charge on any atom is -0.368 e. The molecule has 1 atom stereocenters. The van der Waals surface area contributed by atoms with Gasteiger partial charge < -0.3 is 5.73 Å². The topological polar surface area (TPSA) is 75.8 Å². The predicted molar refractivity (Wildman–Crippen MR) is 34.7 cm³/mol. The molecule has 0 aromatic carbocycles. The van der Waals surface area contributed by atoms with Crippen LogP contribution in [0.2, 0.25) is 0 Å². The minimum absolute atomic E-state index is 0.461. The van der Waals surface area contributed by atoms with Gasteiger partial charge in [0.25, 0.3) is 0 Å². The summed E-state index contributed by atoms with van der Waals surface area (Å²) in [6.45, 7) is 0.553. The van der Waals surface area contributed by atoms with Crippen LogP contribution in [0.25, 0.3) is 0 Å². The van der Waals surface area contributed by atoms with Gasteiger partial charge in [-0.2, -0.15) is 0 Å². The Labute approximate surface area is 58.1 Å². The van der Waals surface area contributed by atoms with Crippen molar-refractivity contribution in [3.8, 4) is 0 Å². The molecular weight excluding hydrogens is 134 g/mol. The Kier molecular flexibility index (Phi) is 1.84. The van der Waals surface area contributed by atoms with E-state index in [0.29, 0.717) is 13.0 Å². The Morgan fingerprint density at radius 3 is 2.80 bits per heavy atom. The zero-order valence-electron chi connectivity index (χ0n) is 5.49. The maximum atomic E-state index is 10.6. The Bertz CT molecular complexity index is 159. The van der Waals surface area contributed by atoms with Gasteiger partial charge in [0.2, 0.25) is 5.91 Å². The number of rotatable bonds is 2. The molecule has 5 heteroatoms. The highest BCUT2D eigenvalue weighted by atomic mass is 16.3. The van der Waals surface area contributed by atoms with Crippen molar-refractivity contribution < 1.29 is 4.79 Å². The van der Waals surface area contributed by atoms with Crippen LogP contribution in [0.15, 0.2) is 5.29 Å². The van der Waals surface area contributed by atoms with Crippen LogP contribution in [0.4, 0.5) is 0 Å². The molecule has 0 saturated carbocycles. The van der Waals surface area contributed by atoms with Gasteiger partial charge >= 0.3 is 0 Å². The third-order valence-electron chi connectivity index (χ3n) is 1.66. The number of nitroso groups, excluding NO2 is 1. The molecule has 5 nitrogen and oxygen atoms in total. The fraction of sp³-hybridized carbons (Fsp3) is 0.800. The zero-order chi connectivity index (χ0) is 7.56. The van der Waals surface area contributed by atoms with Crippen molar-refractivity contribution in [3.05, 3.63) is 4.91 Å². The summed E-state index contributed by atoms with van der Waals surface area (Å²) in [4.78, 5) is 20.5. The molecule has 0 radical (unpaired) electrons. The van der Waals surface area contributed by atoms with Gasteiger partial charge in [0, 0.05) is 6.54 Å². The lowest BCUT2D eigenvalue weighted by Crippen LogP contribution is -2.36. The molecule has 56 valence electrons. The number of amides is 1. The van der Waals surface area contributed by atoms with Crippen molar-refractivity contribution in [2.24, 2.45) is 11.0 Å². The van der Waals surface area contributed by atoms with Gasteiger partial charge in [-0.05, 0) is 12.8 Å². The van der Waals surface area contributed by atoms with E-state index in [1.807, 2.05) is 0 Å². The van der Waals surface area contributed by atoms with Crippen LogP contribution in [0.5, 0.6) is 0 Å². The van der Waals surface area contributed by atoms with Gasteiger partial charge in [-0.15, -0.1) is 4.91 Å². The second-order valence-corrected chi connectivity index (χ2v) is 2.31. The van der Waals surface area contributed by atoms with E-state index in [9.17, 15) is 9.70 Å². The van der Waals surface area contributed by atoms with Crippen molar-refractivity contribution in [1.82, 2.24) is 5.01 Å². The summed E-state index contributed by atoms with van der Waals surface area (Å²) in [7, 11) is 0. The molecule has 0 unspecified atom stereocenters. The van der Waals surface area contributed by atoms with E-state index in [-0.39, 0.29) is 0 Å². The van der Waals surface area contributed by atoms with Gasteiger partial charge in [-0.25, -0.2) is 5.01 Å². The van der Waals surface area contributed by atoms with Crippen LogP contribution in [-0.2, 0) is 4.79 Å². The van der Waals surface area contributed by atoms with E-state index < -0.39 is 11.9 Å². The van der Waals surface area contributed by atoms with Crippen LogP contribution < -0.4 is 5.73 Å². The molecule has 1 heterocycles. The van der Waals surface area contributed by atoms with Crippen LogP contribution in [0.3, 0.4) is 0 Å². The Hall–Kier alpha value is -1.13. The van der Waals surface area contributed by atoms with Crippen molar-refractivity contribution in [3.63, 3.8) is 0 Å². The standard InChI is InChI=1S/C5H9N3O2/c6-5(9)4-2-1-3-8(4)7-10/h4H,1-3H2,(H2,6,9)/t4-/m0/s1. The Morgan fingerprint density at radius 1 is 1.70 bits per heavy atom. The maximum Gasteiger partial charge on any atom is 0.241 e. The molecule has 1 saturated heterocycles. The highest BCUT2D eigenvalue weighted by Gasteiger charge is 2.28. The SMILES string of the molecule is NC(=O)[C@@H]1CCCN1N=O. The molecule has 1 amide bonds. The smallest absolute Gasteiger partial charge is 0.241 e. The van der Waals surface area contributed by atoms with E-state index in [1.54, 1.807) is 0 Å². The van der Waals surface area contributed by atoms with E-state index in [1.165, 1.54) is 5.01 Å². The quantitative estimate of drug-likeness (QED) is 0.535. The first-order valence-corrected chi connectivity index (χ1v) is 3.15. The average Bonchev–Trinajstić information content (AvgIpc) is 2.33. The summed E-state index contributed by atoms with van der Waals surface area (Å²) >= 11 is 0. The van der Waals surface area contributed by atoms with Crippen molar-refractivity contribution >= 4 is 5.91 Å². The number of carbonyl (C=O) groups is 1. The third-order valence-corrected chi connectivity index (χ3v) is 1.66. The summed E-state index contributed by atoms with van der Waals surface area (Å²) < 4.78 is 0. The van der Waals surface area contributed by atoms with Gasteiger partial charge in [0.1, 0.15) is 6.04 Å². The van der Waals surface area contributed by atoms with Crippen molar-refractivity contribution in [2.75, 3.05) is 6.54 Å². The number of primary amides is 1. The summed E-state index contributed by atoms with van der Waals surface area (Å²) in [5, 5.41) is 3.87. The van der Waals surface area contributed by atoms with Crippen molar-refractivity contribution in [2.45, 2.75) is 18.9 Å². The molecule has 1 fully saturated rings. The van der Waals surface area contributed by atoms with Crippen molar-refractivity contribution in [1.29, 1.82) is 0 Å². The highest BCUT2D eigenvalue weighted by molar-refractivity contribution is 5.80. The largest absolute Gasteiger partial charge is 0.368 e. The summed E-state index contributed by atoms with van der Waals surface area (Å²) in [6, 6.07) is -0.461. The lowest BCUT2D eigenvalue weighted by Gasteiger charge is -2.12. The molecule has 1 rings (SSSR count). The molecule has 0 bridgehead atoms. The van der Waals surface area contributed by atoms with Crippen LogP contribution in [0, 0.1) is 4.91 Å². The molecule has 0 aliphatic carbocycles. The molecule has 2 N–H and O–H groups in total. The molecule has 10 heavy (non-hydrogen) atoms. The normalized spacial score (nSPS) is 24.8. The Balaban J connectivity index is 2.58. The van der Waals surface area contributed by atoms with E-state index in [2.05, 4.69) is 5.29 Å². The first-order valence-electron chi connectivity index (χ1n) is 3.15. The number of hydrogen-bond donors (Lipinski definition) is 1. The first kappa shape index (κ1) is 6.98. The minimum atomic E-state index is -0.461. The molecule has 0 spiro atoms. The third kappa shape index (κ3) is 1.07. The predicted octanol–water partition coefficient (Wildman–Crippen LogP) is -0.383. The number of carbonyl (C=O) groups excluding carboxylic acids is 1. The van der Waals surface area contributed by atoms with E-state index >= 15 is 0 Å². The van der Waals surface area contributed by atoms with E-state index in [4.69, 9.17) is 5.73 Å². The summed E-state index contributed by atoms with van der Waals surface area (Å²) in [5.41, 5.74) is 4.98. The van der Waals surface area contributed by atoms with Crippen LogP contribution >= 0.6 is 0 Å². The second kappa shape index (κ2) is 2.64. The lowest BCUT2D eigenvalue weighted by molar-refractivity contribution is -0.122. The lowest BCUT2D eigenvalue weighted by atomic mass is 10.2. The molecule has 0 aromatic rings. The number of nitrogens with two attached hydrogens (primary N) is 1. The highest BCUT2D eigenvalue weighted by Crippen LogP contribution is 2.15. The fourth-order valence-corrected chi connectivity index (χ4v) is 1.14. The molecule has 1 aliphatic heterocycles. The second-order valence-electron chi connectivity index (χ2n) is 2.31. The summed E-state index contributed by atoms with van der Waals surface area (Å²) in [5.74, 6) is -0.461. The van der Waals surface area contributed by atoms with Gasteiger partial charge in [-0.1, -0.05) is 0 Å². The Morgan fingerprint density at radius 2 is 2.40 bits per heavy atom. The molecule has 1 aliphatic rings. The fourth-order valence-electron chi connectivity index (χ4n) is 1.14. The summed E-state index contributed by atoms with van der Waals surface area (Å²) in [6.07, 6.45) is 1.47. The van der Waals surface area contributed by atoms with Crippen LogP contribution in [-0.4, -0.2) is 23.5 Å². The molecule has 0 aromatic heterocycles.